The number of thiophene rings is 1. The lowest BCUT2D eigenvalue weighted by molar-refractivity contribution is 0.462. The molecule has 0 atom stereocenters. The molecular formula is C17H27IN6S. The zero-order valence-corrected chi connectivity index (χ0v) is 18.0. The van der Waals surface area contributed by atoms with Gasteiger partial charge in [-0.05, 0) is 43.3 Å². The summed E-state index contributed by atoms with van der Waals surface area (Å²) in [6.45, 7) is 5.80. The average molecular weight is 474 g/mol. The normalized spacial score (nSPS) is 15.8. The van der Waals surface area contributed by atoms with Gasteiger partial charge in [0, 0.05) is 38.9 Å². The Kier molecular flexibility index (Phi) is 8.01. The summed E-state index contributed by atoms with van der Waals surface area (Å²) >= 11 is 1.82. The number of hydrogen-bond acceptors (Lipinski definition) is 4. The molecule has 1 aliphatic rings. The fraction of sp³-hybridized carbons (Fsp3) is 0.529. The van der Waals surface area contributed by atoms with E-state index in [0.29, 0.717) is 12.6 Å². The van der Waals surface area contributed by atoms with Crippen LogP contribution in [0.4, 0.5) is 5.00 Å². The number of hydrogen-bond donors (Lipinski definition) is 2. The summed E-state index contributed by atoms with van der Waals surface area (Å²) in [5, 5.41) is 14.7. The van der Waals surface area contributed by atoms with E-state index < -0.39 is 0 Å². The molecule has 2 N–H and O–H groups in total. The van der Waals surface area contributed by atoms with E-state index in [-0.39, 0.29) is 24.0 Å². The summed E-state index contributed by atoms with van der Waals surface area (Å²) in [6, 6.07) is 6.81. The van der Waals surface area contributed by atoms with Gasteiger partial charge in [-0.25, -0.2) is 4.99 Å². The average Bonchev–Trinajstić information content (AvgIpc) is 3.25. The van der Waals surface area contributed by atoms with E-state index in [1.165, 1.54) is 5.00 Å². The highest BCUT2D eigenvalue weighted by molar-refractivity contribution is 14.0. The maximum absolute atomic E-state index is 4.70. The van der Waals surface area contributed by atoms with Crippen molar-refractivity contribution in [2.75, 3.05) is 24.5 Å². The summed E-state index contributed by atoms with van der Waals surface area (Å²) in [6.07, 6.45) is 4.08. The molecule has 25 heavy (non-hydrogen) atoms. The van der Waals surface area contributed by atoms with Crippen molar-refractivity contribution < 1.29 is 0 Å². The number of nitrogens with one attached hydrogen (secondary N) is 2. The third-order valence-corrected chi connectivity index (χ3v) is 5.25. The monoisotopic (exact) mass is 474 g/mol. The first-order valence-electron chi connectivity index (χ1n) is 8.56. The van der Waals surface area contributed by atoms with Gasteiger partial charge in [-0.3, -0.25) is 4.68 Å². The van der Waals surface area contributed by atoms with Crippen molar-refractivity contribution in [3.8, 4) is 0 Å². The SMILES string of the molecule is CCNC(=NCc1ccnn1C)NC1CCN(c2cccs2)CC1.I. The van der Waals surface area contributed by atoms with Gasteiger partial charge >= 0.3 is 0 Å². The Morgan fingerprint density at radius 3 is 2.76 bits per heavy atom. The molecule has 0 bridgehead atoms. The van der Waals surface area contributed by atoms with E-state index in [4.69, 9.17) is 4.99 Å². The van der Waals surface area contributed by atoms with Gasteiger partial charge in [0.1, 0.15) is 0 Å². The quantitative estimate of drug-likeness (QED) is 0.398. The van der Waals surface area contributed by atoms with Crippen molar-refractivity contribution in [1.82, 2.24) is 20.4 Å². The molecule has 0 aliphatic carbocycles. The van der Waals surface area contributed by atoms with Crippen molar-refractivity contribution in [2.45, 2.75) is 32.4 Å². The minimum absolute atomic E-state index is 0. The van der Waals surface area contributed by atoms with Crippen LogP contribution in [0, 0.1) is 0 Å². The van der Waals surface area contributed by atoms with Crippen LogP contribution in [-0.4, -0.2) is 41.4 Å². The zero-order valence-electron chi connectivity index (χ0n) is 14.8. The van der Waals surface area contributed by atoms with Gasteiger partial charge in [0.05, 0.1) is 17.2 Å². The standard InChI is InChI=1S/C17H26N6S.HI/c1-3-18-17(19-13-15-6-9-20-22(15)2)21-14-7-10-23(11-8-14)16-5-4-12-24-16;/h4-6,9,12,14H,3,7-8,10-11,13H2,1-2H3,(H2,18,19,21);1H. The molecule has 138 valence electrons. The third kappa shape index (κ3) is 5.60. The third-order valence-electron chi connectivity index (χ3n) is 4.32. The summed E-state index contributed by atoms with van der Waals surface area (Å²) in [4.78, 5) is 7.18. The van der Waals surface area contributed by atoms with Gasteiger partial charge in [-0.2, -0.15) is 5.10 Å². The number of aromatic nitrogens is 2. The molecule has 0 unspecified atom stereocenters. The minimum Gasteiger partial charge on any atom is -0.363 e. The highest BCUT2D eigenvalue weighted by atomic mass is 127. The van der Waals surface area contributed by atoms with E-state index >= 15 is 0 Å². The molecule has 1 fully saturated rings. The second kappa shape index (κ2) is 10.0. The molecule has 0 amide bonds. The smallest absolute Gasteiger partial charge is 0.191 e. The minimum atomic E-state index is 0. The molecule has 8 heteroatoms. The number of nitrogens with zero attached hydrogens (tertiary/aromatic N) is 4. The van der Waals surface area contributed by atoms with Gasteiger partial charge in [-0.1, -0.05) is 0 Å². The van der Waals surface area contributed by atoms with Gasteiger partial charge < -0.3 is 15.5 Å². The van der Waals surface area contributed by atoms with Crippen LogP contribution in [0.5, 0.6) is 0 Å². The highest BCUT2D eigenvalue weighted by Gasteiger charge is 2.20. The van der Waals surface area contributed by atoms with Crippen molar-refractivity contribution in [2.24, 2.45) is 12.0 Å². The number of anilines is 1. The molecule has 1 saturated heterocycles. The predicted molar refractivity (Wildman–Crippen MR) is 116 cm³/mol. The van der Waals surface area contributed by atoms with Gasteiger partial charge in [0.2, 0.25) is 0 Å². The molecule has 3 rings (SSSR count). The highest BCUT2D eigenvalue weighted by Crippen LogP contribution is 2.24. The van der Waals surface area contributed by atoms with Gasteiger partial charge in [-0.15, -0.1) is 35.3 Å². The van der Waals surface area contributed by atoms with Crippen molar-refractivity contribution >= 4 is 46.3 Å². The number of rotatable bonds is 5. The van der Waals surface area contributed by atoms with E-state index in [1.54, 1.807) is 0 Å². The molecule has 1 aliphatic heterocycles. The summed E-state index contributed by atoms with van der Waals surface area (Å²) in [7, 11) is 1.95. The Labute approximate surface area is 170 Å². The van der Waals surface area contributed by atoms with E-state index in [1.807, 2.05) is 35.3 Å². The van der Waals surface area contributed by atoms with Crippen molar-refractivity contribution in [1.29, 1.82) is 0 Å². The first-order chi connectivity index (χ1) is 11.8. The van der Waals surface area contributed by atoms with Crippen LogP contribution in [0.1, 0.15) is 25.5 Å². The van der Waals surface area contributed by atoms with Crippen LogP contribution in [0.25, 0.3) is 0 Å². The van der Waals surface area contributed by atoms with Crippen LogP contribution in [0.3, 0.4) is 0 Å². The van der Waals surface area contributed by atoms with E-state index in [2.05, 4.69) is 45.1 Å². The Morgan fingerprint density at radius 1 is 1.36 bits per heavy atom. The summed E-state index contributed by atoms with van der Waals surface area (Å²) in [5.74, 6) is 0.897. The fourth-order valence-corrected chi connectivity index (χ4v) is 3.71. The second-order valence-corrected chi connectivity index (χ2v) is 6.92. The number of piperidine rings is 1. The van der Waals surface area contributed by atoms with Gasteiger partial charge in [0.15, 0.2) is 5.96 Å². The Morgan fingerprint density at radius 2 is 2.16 bits per heavy atom. The Hall–Kier alpha value is -1.29. The largest absolute Gasteiger partial charge is 0.363 e. The lowest BCUT2D eigenvalue weighted by atomic mass is 10.1. The molecule has 6 nitrogen and oxygen atoms in total. The fourth-order valence-electron chi connectivity index (χ4n) is 2.92. The zero-order chi connectivity index (χ0) is 16.8. The van der Waals surface area contributed by atoms with Gasteiger partial charge in [0.25, 0.3) is 0 Å². The lowest BCUT2D eigenvalue weighted by Crippen LogP contribution is -2.48. The van der Waals surface area contributed by atoms with Crippen molar-refractivity contribution in [3.05, 3.63) is 35.5 Å². The molecule has 3 heterocycles. The molecule has 0 saturated carbocycles. The Balaban J connectivity index is 0.00000225. The number of aliphatic imine (C=N–C) groups is 1. The number of aryl methyl sites for hydroxylation is 1. The van der Waals surface area contributed by atoms with Crippen molar-refractivity contribution in [3.63, 3.8) is 0 Å². The van der Waals surface area contributed by atoms with Crippen LogP contribution in [0.2, 0.25) is 0 Å². The summed E-state index contributed by atoms with van der Waals surface area (Å²) in [5.41, 5.74) is 1.11. The molecular weight excluding hydrogens is 447 g/mol. The van der Waals surface area contributed by atoms with E-state index in [9.17, 15) is 0 Å². The van der Waals surface area contributed by atoms with E-state index in [0.717, 1.165) is 44.1 Å². The molecule has 0 aromatic carbocycles. The topological polar surface area (TPSA) is 57.5 Å². The number of halogens is 1. The molecule has 0 spiro atoms. The first kappa shape index (κ1) is 20.0. The van der Waals surface area contributed by atoms with Crippen LogP contribution >= 0.6 is 35.3 Å². The van der Waals surface area contributed by atoms with Crippen LogP contribution in [0.15, 0.2) is 34.8 Å². The number of guanidine groups is 1. The predicted octanol–water partition coefficient (Wildman–Crippen LogP) is 2.82. The second-order valence-electron chi connectivity index (χ2n) is 6.00. The Bertz CT molecular complexity index is 646. The summed E-state index contributed by atoms with van der Waals surface area (Å²) < 4.78 is 1.87. The maximum atomic E-state index is 4.70. The molecule has 2 aromatic rings. The van der Waals surface area contributed by atoms with Crippen LogP contribution in [-0.2, 0) is 13.6 Å². The molecule has 2 aromatic heterocycles. The van der Waals surface area contributed by atoms with Crippen LogP contribution < -0.4 is 15.5 Å². The molecule has 0 radical (unpaired) electrons. The maximum Gasteiger partial charge on any atom is 0.191 e. The first-order valence-corrected chi connectivity index (χ1v) is 9.44. The lowest BCUT2D eigenvalue weighted by Gasteiger charge is -2.33.